The first kappa shape index (κ1) is 18.2. The van der Waals surface area contributed by atoms with Crippen LogP contribution in [-0.2, 0) is 11.8 Å². The maximum atomic E-state index is 13.4. The highest BCUT2D eigenvalue weighted by atomic mass is 16.2. The van der Waals surface area contributed by atoms with E-state index in [0.29, 0.717) is 17.8 Å². The summed E-state index contributed by atoms with van der Waals surface area (Å²) >= 11 is 0. The molecule has 0 saturated carbocycles. The van der Waals surface area contributed by atoms with Gasteiger partial charge in [0.15, 0.2) is 5.65 Å². The van der Waals surface area contributed by atoms with Gasteiger partial charge in [-0.1, -0.05) is 18.2 Å². The van der Waals surface area contributed by atoms with Crippen LogP contribution in [0.2, 0.25) is 0 Å². The normalized spacial score (nSPS) is 17.4. The van der Waals surface area contributed by atoms with E-state index < -0.39 is 0 Å². The summed E-state index contributed by atoms with van der Waals surface area (Å²) in [5.74, 6) is -0.234. The van der Waals surface area contributed by atoms with Gasteiger partial charge in [-0.2, -0.15) is 5.10 Å². The van der Waals surface area contributed by atoms with Gasteiger partial charge in [-0.25, -0.2) is 4.98 Å². The summed E-state index contributed by atoms with van der Waals surface area (Å²) in [6.07, 6.45) is 0. The zero-order chi connectivity index (χ0) is 20.0. The minimum atomic E-state index is -0.153. The number of amides is 2. The van der Waals surface area contributed by atoms with Gasteiger partial charge in [0.1, 0.15) is 6.54 Å². The van der Waals surface area contributed by atoms with Gasteiger partial charge in [0, 0.05) is 31.0 Å². The molecule has 1 atom stereocenters. The lowest BCUT2D eigenvalue weighted by atomic mass is 10.1. The number of piperazine rings is 1. The van der Waals surface area contributed by atoms with E-state index in [2.05, 4.69) is 10.1 Å². The Morgan fingerprint density at radius 2 is 1.89 bits per heavy atom. The van der Waals surface area contributed by atoms with Crippen molar-refractivity contribution >= 4 is 28.5 Å². The van der Waals surface area contributed by atoms with Gasteiger partial charge in [-0.05, 0) is 39.0 Å². The van der Waals surface area contributed by atoms with Crippen molar-refractivity contribution < 1.29 is 9.59 Å². The molecule has 144 valence electrons. The van der Waals surface area contributed by atoms with Crippen molar-refractivity contribution in [1.82, 2.24) is 19.7 Å². The Morgan fingerprint density at radius 1 is 1.18 bits per heavy atom. The second-order valence-electron chi connectivity index (χ2n) is 7.34. The zero-order valence-electron chi connectivity index (χ0n) is 16.5. The van der Waals surface area contributed by atoms with Crippen molar-refractivity contribution in [3.05, 3.63) is 53.3 Å². The van der Waals surface area contributed by atoms with Crippen molar-refractivity contribution in [3.63, 3.8) is 0 Å². The molecule has 0 spiro atoms. The van der Waals surface area contributed by atoms with Crippen molar-refractivity contribution in [1.29, 1.82) is 0 Å². The molecule has 4 rings (SSSR count). The smallest absolute Gasteiger partial charge is 0.255 e. The van der Waals surface area contributed by atoms with E-state index in [4.69, 9.17) is 0 Å². The van der Waals surface area contributed by atoms with Crippen LogP contribution in [0.5, 0.6) is 0 Å². The van der Waals surface area contributed by atoms with Crippen LogP contribution in [0, 0.1) is 13.8 Å². The molecule has 0 radical (unpaired) electrons. The van der Waals surface area contributed by atoms with Crippen molar-refractivity contribution in [2.24, 2.45) is 7.05 Å². The lowest BCUT2D eigenvalue weighted by molar-refractivity contribution is -0.121. The Balaban J connectivity index is 1.68. The molecule has 0 bridgehead atoms. The van der Waals surface area contributed by atoms with Crippen molar-refractivity contribution in [2.45, 2.75) is 26.8 Å². The molecule has 1 aromatic carbocycles. The number of nitrogens with zero attached hydrogens (tertiary/aromatic N) is 5. The summed E-state index contributed by atoms with van der Waals surface area (Å²) in [7, 11) is 1.82. The molecule has 3 aromatic rings. The average Bonchev–Trinajstić information content (AvgIpc) is 2.96. The van der Waals surface area contributed by atoms with Crippen LogP contribution in [-0.4, -0.2) is 50.6 Å². The number of anilines is 1. The summed E-state index contributed by atoms with van der Waals surface area (Å²) in [5, 5.41) is 5.17. The SMILES string of the molecule is Cc1cc(C(=O)N2CC(=O)N(c3ccccc3)CC2C)c2c(C)nn(C)c2n1. The van der Waals surface area contributed by atoms with E-state index in [1.54, 1.807) is 20.5 Å². The van der Waals surface area contributed by atoms with Crippen LogP contribution in [0.15, 0.2) is 36.4 Å². The van der Waals surface area contributed by atoms with E-state index in [1.807, 2.05) is 58.2 Å². The first-order valence-corrected chi connectivity index (χ1v) is 9.34. The number of pyridine rings is 1. The molecule has 2 amide bonds. The number of fused-ring (bicyclic) bond motifs is 1. The van der Waals surface area contributed by atoms with Crippen LogP contribution in [0.25, 0.3) is 11.0 Å². The zero-order valence-corrected chi connectivity index (χ0v) is 16.5. The Kier molecular flexibility index (Phi) is 4.37. The molecular weight excluding hydrogens is 354 g/mol. The summed E-state index contributed by atoms with van der Waals surface area (Å²) in [4.78, 5) is 34.1. The largest absolute Gasteiger partial charge is 0.325 e. The number of carbonyl (C=O) groups excluding carboxylic acids is 2. The highest BCUT2D eigenvalue weighted by Gasteiger charge is 2.34. The molecule has 0 N–H and O–H groups in total. The second-order valence-corrected chi connectivity index (χ2v) is 7.34. The van der Waals surface area contributed by atoms with E-state index in [0.717, 1.165) is 22.5 Å². The number of hydrogen-bond acceptors (Lipinski definition) is 4. The molecule has 1 aliphatic rings. The van der Waals surface area contributed by atoms with Gasteiger partial charge < -0.3 is 9.80 Å². The highest BCUT2D eigenvalue weighted by Crippen LogP contribution is 2.26. The maximum absolute atomic E-state index is 13.4. The molecule has 1 fully saturated rings. The van der Waals surface area contributed by atoms with Gasteiger partial charge in [0.05, 0.1) is 16.6 Å². The number of rotatable bonds is 2. The number of aryl methyl sites for hydroxylation is 3. The summed E-state index contributed by atoms with van der Waals surface area (Å²) in [6, 6.07) is 11.3. The van der Waals surface area contributed by atoms with Crippen LogP contribution in [0.3, 0.4) is 0 Å². The standard InChI is InChI=1S/C21H23N5O2/c1-13-10-17(19-15(3)23-24(4)20(19)22-13)21(28)25-12-18(27)26(11-14(25)2)16-8-6-5-7-9-16/h5-10,14H,11-12H2,1-4H3. The van der Waals surface area contributed by atoms with E-state index in [1.165, 1.54) is 0 Å². The number of aromatic nitrogens is 3. The quantitative estimate of drug-likeness (QED) is 0.688. The monoisotopic (exact) mass is 377 g/mol. The Morgan fingerprint density at radius 3 is 2.61 bits per heavy atom. The second kappa shape index (κ2) is 6.74. The van der Waals surface area contributed by atoms with E-state index >= 15 is 0 Å². The number of benzene rings is 1. The third kappa shape index (κ3) is 2.93. The Hall–Kier alpha value is -3.22. The van der Waals surface area contributed by atoms with Crippen molar-refractivity contribution in [3.8, 4) is 0 Å². The molecule has 1 unspecified atom stereocenters. The minimum absolute atomic E-state index is 0.0526. The van der Waals surface area contributed by atoms with Gasteiger partial charge in [-0.3, -0.25) is 14.3 Å². The van der Waals surface area contributed by atoms with Gasteiger partial charge in [-0.15, -0.1) is 0 Å². The fourth-order valence-electron chi connectivity index (χ4n) is 3.87. The van der Waals surface area contributed by atoms with Crippen LogP contribution in [0.1, 0.15) is 28.7 Å². The first-order chi connectivity index (χ1) is 13.4. The number of para-hydroxylation sites is 1. The molecular formula is C21H23N5O2. The Bertz CT molecular complexity index is 1070. The van der Waals surface area contributed by atoms with Crippen LogP contribution < -0.4 is 4.90 Å². The number of carbonyl (C=O) groups is 2. The topological polar surface area (TPSA) is 71.3 Å². The van der Waals surface area contributed by atoms with Gasteiger partial charge >= 0.3 is 0 Å². The summed E-state index contributed by atoms with van der Waals surface area (Å²) in [6.45, 7) is 6.23. The van der Waals surface area contributed by atoms with Gasteiger partial charge in [0.25, 0.3) is 5.91 Å². The molecule has 7 heteroatoms. The summed E-state index contributed by atoms with van der Waals surface area (Å²) < 4.78 is 1.69. The van der Waals surface area contributed by atoms with Gasteiger partial charge in [0.2, 0.25) is 5.91 Å². The van der Waals surface area contributed by atoms with Crippen LogP contribution >= 0.6 is 0 Å². The lowest BCUT2D eigenvalue weighted by Gasteiger charge is -2.39. The Labute approximate surface area is 163 Å². The fourth-order valence-corrected chi connectivity index (χ4v) is 3.87. The minimum Gasteiger partial charge on any atom is -0.325 e. The number of hydrogen-bond donors (Lipinski definition) is 0. The average molecular weight is 377 g/mol. The predicted octanol–water partition coefficient (Wildman–Crippen LogP) is 2.46. The fraction of sp³-hybridized carbons (Fsp3) is 0.333. The molecule has 2 aromatic heterocycles. The predicted molar refractivity (Wildman–Crippen MR) is 107 cm³/mol. The molecule has 0 aliphatic carbocycles. The maximum Gasteiger partial charge on any atom is 0.255 e. The molecule has 1 aliphatic heterocycles. The molecule has 1 saturated heterocycles. The van der Waals surface area contributed by atoms with Crippen LogP contribution in [0.4, 0.5) is 5.69 Å². The lowest BCUT2D eigenvalue weighted by Crippen LogP contribution is -2.57. The van der Waals surface area contributed by atoms with E-state index in [9.17, 15) is 9.59 Å². The molecule has 3 heterocycles. The summed E-state index contributed by atoms with van der Waals surface area (Å²) in [5.41, 5.74) is 3.61. The van der Waals surface area contributed by atoms with Crippen molar-refractivity contribution in [2.75, 3.05) is 18.0 Å². The van der Waals surface area contributed by atoms with E-state index in [-0.39, 0.29) is 24.4 Å². The molecule has 7 nitrogen and oxygen atoms in total. The first-order valence-electron chi connectivity index (χ1n) is 9.34. The third-order valence-electron chi connectivity index (χ3n) is 5.24. The molecule has 28 heavy (non-hydrogen) atoms. The highest BCUT2D eigenvalue weighted by molar-refractivity contribution is 6.09. The third-order valence-corrected chi connectivity index (χ3v) is 5.24.